The quantitative estimate of drug-likeness (QED) is 0.744. The number of anilines is 1. The summed E-state index contributed by atoms with van der Waals surface area (Å²) in [6.07, 6.45) is -0.243. The lowest BCUT2D eigenvalue weighted by atomic mass is 10.1. The van der Waals surface area contributed by atoms with E-state index in [0.29, 0.717) is 12.1 Å². The van der Waals surface area contributed by atoms with E-state index < -0.39 is 16.1 Å². The van der Waals surface area contributed by atoms with E-state index in [1.807, 2.05) is 24.3 Å². The van der Waals surface area contributed by atoms with Gasteiger partial charge in [0.05, 0.1) is 19.1 Å². The standard InChI is InChI=1S/C18H20N2O6S.2H2/c1-25-15-8-3-13(4-9-15)5-12-17(21)19-14-6-10-16(11-7-14)27(23,24)20-18(22)26-2;;/h3-4,6-11H,5,12H2,1-2H3,(H,19,21)(H,20,22);2*1H. The molecule has 2 N–H and O–H groups in total. The highest BCUT2D eigenvalue weighted by Gasteiger charge is 2.17. The molecule has 0 radical (unpaired) electrons. The normalized spacial score (nSPS) is 10.7. The molecule has 0 atom stereocenters. The Balaban J connectivity index is 0.00000392. The van der Waals surface area contributed by atoms with Gasteiger partial charge in [-0.25, -0.2) is 17.9 Å². The second kappa shape index (κ2) is 9.04. The topological polar surface area (TPSA) is 111 Å². The number of sulfonamides is 1. The number of carbonyl (C=O) groups excluding carboxylic acids is 2. The van der Waals surface area contributed by atoms with Crippen LogP contribution in [0.3, 0.4) is 0 Å². The zero-order chi connectivity index (χ0) is 19.9. The zero-order valence-electron chi connectivity index (χ0n) is 14.9. The van der Waals surface area contributed by atoms with Crippen molar-refractivity contribution >= 4 is 27.7 Å². The van der Waals surface area contributed by atoms with Gasteiger partial charge in [0.15, 0.2) is 0 Å². The van der Waals surface area contributed by atoms with Crippen molar-refractivity contribution in [3.05, 3.63) is 54.1 Å². The van der Waals surface area contributed by atoms with E-state index in [4.69, 9.17) is 4.74 Å². The van der Waals surface area contributed by atoms with Crippen LogP contribution in [0.25, 0.3) is 0 Å². The number of nitrogens with one attached hydrogen (secondary N) is 2. The van der Waals surface area contributed by atoms with E-state index in [1.54, 1.807) is 11.8 Å². The third-order valence-corrected chi connectivity index (χ3v) is 4.98. The molecule has 0 spiro atoms. The second-order valence-corrected chi connectivity index (χ2v) is 7.20. The highest BCUT2D eigenvalue weighted by Crippen LogP contribution is 2.16. The Morgan fingerprint density at radius 1 is 1.00 bits per heavy atom. The Morgan fingerprint density at radius 3 is 2.19 bits per heavy atom. The van der Waals surface area contributed by atoms with E-state index >= 15 is 0 Å². The smallest absolute Gasteiger partial charge is 0.420 e. The molecule has 2 amide bonds. The summed E-state index contributed by atoms with van der Waals surface area (Å²) < 4.78 is 35.0. The SMILES string of the molecule is COC(=O)NS(=O)(=O)c1ccc(NC(=O)CCc2ccc(OC)cc2)cc1.[HH].[HH]. The Labute approximate surface area is 160 Å². The van der Waals surface area contributed by atoms with Gasteiger partial charge in [0, 0.05) is 15.0 Å². The van der Waals surface area contributed by atoms with Gasteiger partial charge < -0.3 is 14.8 Å². The van der Waals surface area contributed by atoms with Crippen LogP contribution in [0.15, 0.2) is 53.4 Å². The molecule has 2 aromatic carbocycles. The molecule has 0 aliphatic rings. The summed E-state index contributed by atoms with van der Waals surface area (Å²) in [5.41, 5.74) is 1.45. The van der Waals surface area contributed by atoms with Crippen LogP contribution in [-0.2, 0) is 26.0 Å². The van der Waals surface area contributed by atoms with Gasteiger partial charge in [0.1, 0.15) is 5.75 Å². The first kappa shape index (κ1) is 20.2. The molecular weight excluding hydrogens is 372 g/mol. The van der Waals surface area contributed by atoms with E-state index in [-0.39, 0.29) is 20.1 Å². The van der Waals surface area contributed by atoms with Gasteiger partial charge in [-0.05, 0) is 48.4 Å². The summed E-state index contributed by atoms with van der Waals surface area (Å²) >= 11 is 0. The minimum absolute atomic E-state index is 0. The first-order valence-electron chi connectivity index (χ1n) is 7.97. The van der Waals surface area contributed by atoms with Crippen LogP contribution in [0.2, 0.25) is 0 Å². The molecule has 2 aromatic rings. The number of methoxy groups -OCH3 is 2. The van der Waals surface area contributed by atoms with Crippen molar-refractivity contribution in [3.8, 4) is 5.75 Å². The molecular formula is C18H24N2O6S. The highest BCUT2D eigenvalue weighted by atomic mass is 32.2. The number of ether oxygens (including phenoxy) is 2. The lowest BCUT2D eigenvalue weighted by Gasteiger charge is -2.08. The monoisotopic (exact) mass is 396 g/mol. The summed E-state index contributed by atoms with van der Waals surface area (Å²) in [4.78, 5) is 23.0. The molecule has 2 rings (SSSR count). The number of hydrogen-bond acceptors (Lipinski definition) is 6. The number of benzene rings is 2. The predicted molar refractivity (Wildman–Crippen MR) is 103 cm³/mol. The summed E-state index contributed by atoms with van der Waals surface area (Å²) in [5.74, 6) is 0.550. The fraction of sp³-hybridized carbons (Fsp3) is 0.222. The molecule has 0 unspecified atom stereocenters. The van der Waals surface area contributed by atoms with E-state index in [2.05, 4.69) is 10.1 Å². The average Bonchev–Trinajstić information content (AvgIpc) is 2.66. The van der Waals surface area contributed by atoms with Crippen LogP contribution in [0.4, 0.5) is 10.5 Å². The Morgan fingerprint density at radius 2 is 1.63 bits per heavy atom. The summed E-state index contributed by atoms with van der Waals surface area (Å²) in [5, 5.41) is 2.69. The number of carbonyl (C=O) groups is 2. The summed E-state index contributed by atoms with van der Waals surface area (Å²) in [7, 11) is -1.36. The van der Waals surface area contributed by atoms with Gasteiger partial charge in [0.2, 0.25) is 5.91 Å². The number of rotatable bonds is 7. The number of aryl methyl sites for hydroxylation is 1. The molecule has 0 aromatic heterocycles. The van der Waals surface area contributed by atoms with E-state index in [0.717, 1.165) is 18.4 Å². The summed E-state index contributed by atoms with van der Waals surface area (Å²) in [6, 6.07) is 12.9. The molecule has 8 nitrogen and oxygen atoms in total. The number of amides is 2. The van der Waals surface area contributed by atoms with Crippen LogP contribution in [0.1, 0.15) is 14.8 Å². The fourth-order valence-electron chi connectivity index (χ4n) is 2.20. The first-order chi connectivity index (χ1) is 12.8. The van der Waals surface area contributed by atoms with Crippen LogP contribution in [0, 0.1) is 0 Å². The van der Waals surface area contributed by atoms with Crippen molar-refractivity contribution in [3.63, 3.8) is 0 Å². The van der Waals surface area contributed by atoms with Gasteiger partial charge in [-0.1, -0.05) is 12.1 Å². The second-order valence-electron chi connectivity index (χ2n) is 5.52. The van der Waals surface area contributed by atoms with Crippen molar-refractivity contribution in [2.45, 2.75) is 17.7 Å². The van der Waals surface area contributed by atoms with Gasteiger partial charge in [-0.2, -0.15) is 0 Å². The average molecular weight is 396 g/mol. The molecule has 0 bridgehead atoms. The lowest BCUT2D eigenvalue weighted by molar-refractivity contribution is -0.116. The van der Waals surface area contributed by atoms with Gasteiger partial charge >= 0.3 is 6.09 Å². The first-order valence-corrected chi connectivity index (χ1v) is 9.46. The van der Waals surface area contributed by atoms with Crippen LogP contribution in [-0.4, -0.2) is 34.6 Å². The van der Waals surface area contributed by atoms with Crippen LogP contribution in [0.5, 0.6) is 5.75 Å². The third-order valence-electron chi connectivity index (χ3n) is 3.65. The van der Waals surface area contributed by atoms with Crippen LogP contribution >= 0.6 is 0 Å². The fourth-order valence-corrected chi connectivity index (χ4v) is 3.12. The molecule has 0 aliphatic heterocycles. The maximum absolute atomic E-state index is 12.0. The molecule has 0 aliphatic carbocycles. The van der Waals surface area contributed by atoms with Gasteiger partial charge in [-0.15, -0.1) is 0 Å². The Kier molecular flexibility index (Phi) is 6.78. The molecule has 0 fully saturated rings. The van der Waals surface area contributed by atoms with Crippen molar-refractivity contribution in [2.75, 3.05) is 19.5 Å². The lowest BCUT2D eigenvalue weighted by Crippen LogP contribution is -2.30. The maximum Gasteiger partial charge on any atom is 0.420 e. The molecule has 148 valence electrons. The predicted octanol–water partition coefficient (Wildman–Crippen LogP) is 2.80. The minimum Gasteiger partial charge on any atom is -0.497 e. The van der Waals surface area contributed by atoms with Crippen LogP contribution < -0.4 is 14.8 Å². The largest absolute Gasteiger partial charge is 0.497 e. The highest BCUT2D eigenvalue weighted by molar-refractivity contribution is 7.90. The maximum atomic E-state index is 12.0. The Bertz CT molecular complexity index is 903. The molecule has 0 saturated carbocycles. The van der Waals surface area contributed by atoms with Gasteiger partial charge in [-0.3, -0.25) is 4.79 Å². The van der Waals surface area contributed by atoms with E-state index in [9.17, 15) is 18.0 Å². The van der Waals surface area contributed by atoms with E-state index in [1.165, 1.54) is 24.3 Å². The molecule has 27 heavy (non-hydrogen) atoms. The molecule has 0 heterocycles. The minimum atomic E-state index is -4.02. The van der Waals surface area contributed by atoms with Crippen molar-refractivity contribution in [2.24, 2.45) is 0 Å². The van der Waals surface area contributed by atoms with Crippen molar-refractivity contribution in [1.29, 1.82) is 0 Å². The van der Waals surface area contributed by atoms with Crippen molar-refractivity contribution in [1.82, 2.24) is 4.72 Å². The number of hydrogen-bond donors (Lipinski definition) is 2. The Hall–Kier alpha value is -3.07. The third kappa shape index (κ3) is 6.00. The van der Waals surface area contributed by atoms with Gasteiger partial charge in [0.25, 0.3) is 10.0 Å². The zero-order valence-corrected chi connectivity index (χ0v) is 15.7. The molecule has 9 heteroatoms. The summed E-state index contributed by atoms with van der Waals surface area (Å²) in [6.45, 7) is 0. The molecule has 0 saturated heterocycles. The van der Waals surface area contributed by atoms with Crippen molar-refractivity contribution < 1.29 is 30.3 Å².